The van der Waals surface area contributed by atoms with Gasteiger partial charge >= 0.3 is 0 Å². The van der Waals surface area contributed by atoms with Gasteiger partial charge in [0.1, 0.15) is 11.8 Å². The van der Waals surface area contributed by atoms with Crippen LogP contribution in [0.2, 0.25) is 5.02 Å². The van der Waals surface area contributed by atoms with Crippen LogP contribution in [0.1, 0.15) is 51.8 Å². The molecule has 1 amide bonds. The molecule has 0 aromatic heterocycles. The number of nitrogens with one attached hydrogen (secondary N) is 1. The van der Waals surface area contributed by atoms with Crippen LogP contribution in [0, 0.1) is 0 Å². The molecule has 0 aliphatic rings. The molecule has 0 radical (unpaired) electrons. The van der Waals surface area contributed by atoms with E-state index in [1.54, 1.807) is 19.1 Å². The monoisotopic (exact) mass is 466 g/mol. The lowest BCUT2D eigenvalue weighted by Crippen LogP contribution is -2.48. The fourth-order valence-corrected chi connectivity index (χ4v) is 4.71. The van der Waals surface area contributed by atoms with Crippen LogP contribution in [0.5, 0.6) is 5.75 Å². The van der Waals surface area contributed by atoms with Crippen LogP contribution in [0.3, 0.4) is 0 Å². The normalized spacial score (nSPS) is 13.9. The smallest absolute Gasteiger partial charge is 0.244 e. The Labute approximate surface area is 190 Å². The number of nitrogens with zero attached hydrogens (tertiary/aromatic N) is 1. The van der Waals surface area contributed by atoms with Gasteiger partial charge in [-0.2, -0.15) is 0 Å². The lowest BCUT2D eigenvalue weighted by atomic mass is 9.86. The van der Waals surface area contributed by atoms with Gasteiger partial charge < -0.3 is 10.1 Å². The summed E-state index contributed by atoms with van der Waals surface area (Å²) in [6, 6.07) is 11.4. The van der Waals surface area contributed by atoms with Crippen LogP contribution in [-0.2, 0) is 20.2 Å². The molecule has 0 bridgehead atoms. The van der Waals surface area contributed by atoms with Gasteiger partial charge in [-0.3, -0.25) is 9.10 Å². The SMILES string of the molecule is COc1ccc(N([C@H](C)C(=O)N[C@H](C)c2ccc(C(C)(C)C)cc2)S(C)(=O)=O)cc1Cl. The molecule has 0 aliphatic carbocycles. The molecule has 0 heterocycles. The van der Waals surface area contributed by atoms with E-state index in [9.17, 15) is 13.2 Å². The first-order valence-corrected chi connectivity index (χ1v) is 12.2. The van der Waals surface area contributed by atoms with E-state index in [1.807, 2.05) is 31.2 Å². The molecule has 0 spiro atoms. The molecular formula is C23H31ClN2O4S. The van der Waals surface area contributed by atoms with Crippen molar-refractivity contribution < 1.29 is 17.9 Å². The van der Waals surface area contributed by atoms with E-state index in [0.717, 1.165) is 16.1 Å². The molecule has 2 rings (SSSR count). The van der Waals surface area contributed by atoms with Gasteiger partial charge in [-0.15, -0.1) is 0 Å². The van der Waals surface area contributed by atoms with E-state index in [-0.39, 0.29) is 22.2 Å². The molecule has 170 valence electrons. The number of amides is 1. The van der Waals surface area contributed by atoms with Gasteiger partial charge in [-0.25, -0.2) is 8.42 Å². The van der Waals surface area contributed by atoms with Crippen molar-refractivity contribution in [1.29, 1.82) is 0 Å². The highest BCUT2D eigenvalue weighted by atomic mass is 35.5. The molecule has 31 heavy (non-hydrogen) atoms. The van der Waals surface area contributed by atoms with Gasteiger partial charge in [0.15, 0.2) is 0 Å². The number of carbonyl (C=O) groups excluding carboxylic acids is 1. The van der Waals surface area contributed by atoms with Crippen LogP contribution < -0.4 is 14.4 Å². The van der Waals surface area contributed by atoms with E-state index in [2.05, 4.69) is 26.1 Å². The number of carbonyl (C=O) groups is 1. The third-order valence-corrected chi connectivity index (χ3v) is 6.65. The van der Waals surface area contributed by atoms with Crippen LogP contribution in [0.4, 0.5) is 5.69 Å². The first-order valence-electron chi connectivity index (χ1n) is 9.99. The van der Waals surface area contributed by atoms with Gasteiger partial charge in [0.05, 0.1) is 30.1 Å². The van der Waals surface area contributed by atoms with Crippen molar-refractivity contribution in [3.8, 4) is 5.75 Å². The Bertz CT molecular complexity index is 1030. The Morgan fingerprint density at radius 2 is 1.68 bits per heavy atom. The third-order valence-electron chi connectivity index (χ3n) is 5.11. The summed E-state index contributed by atoms with van der Waals surface area (Å²) in [4.78, 5) is 12.9. The molecule has 8 heteroatoms. The van der Waals surface area contributed by atoms with Crippen LogP contribution >= 0.6 is 11.6 Å². The largest absolute Gasteiger partial charge is 0.495 e. The van der Waals surface area contributed by atoms with Crippen molar-refractivity contribution in [2.75, 3.05) is 17.7 Å². The van der Waals surface area contributed by atoms with E-state index in [1.165, 1.54) is 18.7 Å². The number of ether oxygens (including phenoxy) is 1. The Balaban J connectivity index is 2.24. The Morgan fingerprint density at radius 1 is 1.10 bits per heavy atom. The van der Waals surface area contributed by atoms with Gasteiger partial charge in [0, 0.05) is 0 Å². The van der Waals surface area contributed by atoms with Crippen molar-refractivity contribution in [1.82, 2.24) is 5.32 Å². The molecule has 2 aromatic carbocycles. The van der Waals surface area contributed by atoms with Gasteiger partial charge in [-0.05, 0) is 48.6 Å². The average molecular weight is 467 g/mol. The second-order valence-corrected chi connectivity index (χ2v) is 10.9. The summed E-state index contributed by atoms with van der Waals surface area (Å²) in [5.41, 5.74) is 2.46. The maximum atomic E-state index is 12.9. The summed E-state index contributed by atoms with van der Waals surface area (Å²) in [5.74, 6) is 0.00746. The standard InChI is InChI=1S/C23H31ClN2O4S/c1-15(17-8-10-18(11-9-17)23(3,4)5)25-22(27)16(2)26(31(7,28)29)19-12-13-21(30-6)20(24)14-19/h8-16H,1-7H3,(H,25,27)/t15-,16-/m1/s1. The lowest BCUT2D eigenvalue weighted by molar-refractivity contribution is -0.122. The molecule has 6 nitrogen and oxygen atoms in total. The number of hydrogen-bond acceptors (Lipinski definition) is 4. The molecule has 0 aliphatic heterocycles. The highest BCUT2D eigenvalue weighted by Crippen LogP contribution is 2.31. The Hall–Kier alpha value is -2.25. The predicted molar refractivity (Wildman–Crippen MR) is 126 cm³/mol. The number of methoxy groups -OCH3 is 1. The number of halogens is 1. The van der Waals surface area contributed by atoms with Gasteiger partial charge in [0.2, 0.25) is 15.9 Å². The zero-order valence-electron chi connectivity index (χ0n) is 19.1. The number of benzene rings is 2. The van der Waals surface area contributed by atoms with Crippen molar-refractivity contribution in [3.63, 3.8) is 0 Å². The van der Waals surface area contributed by atoms with Gasteiger partial charge in [0.25, 0.3) is 0 Å². The van der Waals surface area contributed by atoms with Crippen LogP contribution in [-0.4, -0.2) is 33.7 Å². The summed E-state index contributed by atoms with van der Waals surface area (Å²) in [6.45, 7) is 9.83. The van der Waals surface area contributed by atoms with E-state index >= 15 is 0 Å². The minimum absolute atomic E-state index is 0.0369. The Morgan fingerprint density at radius 3 is 2.13 bits per heavy atom. The zero-order chi connectivity index (χ0) is 23.6. The number of anilines is 1. The molecule has 0 fully saturated rings. The topological polar surface area (TPSA) is 75.7 Å². The van der Waals surface area contributed by atoms with Crippen LogP contribution in [0.25, 0.3) is 0 Å². The average Bonchev–Trinajstić information content (AvgIpc) is 2.66. The first-order chi connectivity index (χ1) is 14.3. The number of sulfonamides is 1. The highest BCUT2D eigenvalue weighted by molar-refractivity contribution is 7.92. The highest BCUT2D eigenvalue weighted by Gasteiger charge is 2.30. The van der Waals surface area contributed by atoms with Crippen molar-refractivity contribution in [2.24, 2.45) is 0 Å². The van der Waals surface area contributed by atoms with Gasteiger partial charge in [-0.1, -0.05) is 56.6 Å². The van der Waals surface area contributed by atoms with E-state index in [4.69, 9.17) is 16.3 Å². The zero-order valence-corrected chi connectivity index (χ0v) is 20.6. The molecule has 2 atom stereocenters. The van der Waals surface area contributed by atoms with Crippen LogP contribution in [0.15, 0.2) is 42.5 Å². The van der Waals surface area contributed by atoms with Crippen molar-refractivity contribution >= 4 is 33.2 Å². The molecule has 0 saturated carbocycles. The fourth-order valence-electron chi connectivity index (χ4n) is 3.29. The molecule has 1 N–H and O–H groups in total. The Kier molecular flexibility index (Phi) is 7.66. The summed E-state index contributed by atoms with van der Waals surface area (Å²) < 4.78 is 31.2. The van der Waals surface area contributed by atoms with E-state index in [0.29, 0.717) is 5.75 Å². The summed E-state index contributed by atoms with van der Waals surface area (Å²) >= 11 is 6.17. The maximum absolute atomic E-state index is 12.9. The van der Waals surface area contributed by atoms with Crippen molar-refractivity contribution in [3.05, 3.63) is 58.6 Å². The quantitative estimate of drug-likeness (QED) is 0.642. The van der Waals surface area contributed by atoms with E-state index < -0.39 is 22.0 Å². The first kappa shape index (κ1) is 25.0. The molecule has 0 saturated heterocycles. The number of hydrogen-bond donors (Lipinski definition) is 1. The fraction of sp³-hybridized carbons (Fsp3) is 0.435. The number of rotatable bonds is 7. The molecular weight excluding hydrogens is 436 g/mol. The lowest BCUT2D eigenvalue weighted by Gasteiger charge is -2.29. The predicted octanol–water partition coefficient (Wildman–Crippen LogP) is 4.68. The summed E-state index contributed by atoms with van der Waals surface area (Å²) in [5, 5.41) is 3.17. The third kappa shape index (κ3) is 6.14. The summed E-state index contributed by atoms with van der Waals surface area (Å²) in [7, 11) is -2.28. The minimum Gasteiger partial charge on any atom is -0.495 e. The second-order valence-electron chi connectivity index (χ2n) is 8.66. The molecule has 0 unspecified atom stereocenters. The second kappa shape index (κ2) is 9.49. The minimum atomic E-state index is -3.75. The maximum Gasteiger partial charge on any atom is 0.244 e. The van der Waals surface area contributed by atoms with Crippen molar-refractivity contribution in [2.45, 2.75) is 52.1 Å². The summed E-state index contributed by atoms with van der Waals surface area (Å²) in [6.07, 6.45) is 1.06. The molecule has 2 aromatic rings.